The molecule has 0 aliphatic carbocycles. The van der Waals surface area contributed by atoms with Gasteiger partial charge in [0.25, 0.3) is 0 Å². The fraction of sp³-hybridized carbons (Fsp3) is 0.238. The number of aliphatic hydroxyl groups excluding tert-OH is 1. The molecule has 0 radical (unpaired) electrons. The molecule has 3 heteroatoms. The van der Waals surface area contributed by atoms with Gasteiger partial charge in [-0.05, 0) is 23.9 Å². The summed E-state index contributed by atoms with van der Waals surface area (Å²) in [6, 6.07) is 24.5. The monoisotopic (exact) mass is 321 g/mol. The summed E-state index contributed by atoms with van der Waals surface area (Å²) in [5, 5.41) is 15.7. The lowest BCUT2D eigenvalue weighted by Gasteiger charge is -2.18. The van der Waals surface area contributed by atoms with E-state index in [4.69, 9.17) is 4.74 Å². The van der Waals surface area contributed by atoms with Crippen LogP contribution in [0.4, 0.5) is 0 Å². The first-order valence-electron chi connectivity index (χ1n) is 8.31. The molecule has 0 saturated heterocycles. The Bertz CT molecular complexity index is 768. The zero-order chi connectivity index (χ0) is 16.8. The lowest BCUT2D eigenvalue weighted by atomic mass is 10.1. The van der Waals surface area contributed by atoms with Crippen molar-refractivity contribution in [3.05, 3.63) is 78.4 Å². The predicted molar refractivity (Wildman–Crippen MR) is 98.3 cm³/mol. The van der Waals surface area contributed by atoms with E-state index in [-0.39, 0.29) is 12.6 Å². The van der Waals surface area contributed by atoms with Crippen LogP contribution in [0.5, 0.6) is 5.75 Å². The predicted octanol–water partition coefficient (Wildman–Crippen LogP) is 3.93. The standard InChI is InChI=1S/C21H23NO2/c1-16(17-8-3-2-4-9-17)22-14-19(23)15-24-21-13-7-11-18-10-5-6-12-20(18)21/h2-13,16,19,22-23H,14-15H2,1H3/t16-,19+/m1/s1. The molecule has 0 heterocycles. The van der Waals surface area contributed by atoms with Gasteiger partial charge in [0.15, 0.2) is 0 Å². The van der Waals surface area contributed by atoms with Crippen LogP contribution < -0.4 is 10.1 Å². The molecule has 0 aliphatic heterocycles. The van der Waals surface area contributed by atoms with Crippen molar-refractivity contribution >= 4 is 10.8 Å². The third-order valence-electron chi connectivity index (χ3n) is 4.14. The average Bonchev–Trinajstić information content (AvgIpc) is 2.65. The minimum atomic E-state index is -0.560. The molecule has 0 aromatic heterocycles. The molecule has 3 aromatic rings. The maximum Gasteiger partial charge on any atom is 0.127 e. The Balaban J connectivity index is 1.53. The number of rotatable bonds is 7. The molecule has 0 fully saturated rings. The van der Waals surface area contributed by atoms with E-state index < -0.39 is 6.10 Å². The molecular formula is C21H23NO2. The van der Waals surface area contributed by atoms with Crippen LogP contribution in [-0.2, 0) is 0 Å². The van der Waals surface area contributed by atoms with Gasteiger partial charge < -0.3 is 15.2 Å². The molecule has 2 N–H and O–H groups in total. The van der Waals surface area contributed by atoms with E-state index in [1.165, 1.54) is 5.56 Å². The summed E-state index contributed by atoms with van der Waals surface area (Å²) in [7, 11) is 0. The number of nitrogens with one attached hydrogen (secondary N) is 1. The highest BCUT2D eigenvalue weighted by Crippen LogP contribution is 2.25. The SMILES string of the molecule is C[C@@H](NC[C@H](O)COc1cccc2ccccc12)c1ccccc1. The molecule has 124 valence electrons. The van der Waals surface area contributed by atoms with Gasteiger partial charge >= 0.3 is 0 Å². The minimum absolute atomic E-state index is 0.193. The lowest BCUT2D eigenvalue weighted by Crippen LogP contribution is -2.33. The maximum atomic E-state index is 10.2. The van der Waals surface area contributed by atoms with Crippen LogP contribution in [0.2, 0.25) is 0 Å². The smallest absolute Gasteiger partial charge is 0.127 e. The third-order valence-corrected chi connectivity index (χ3v) is 4.14. The van der Waals surface area contributed by atoms with E-state index >= 15 is 0 Å². The van der Waals surface area contributed by atoms with Crippen molar-refractivity contribution in [2.75, 3.05) is 13.2 Å². The molecule has 3 nitrogen and oxygen atoms in total. The van der Waals surface area contributed by atoms with E-state index in [1.54, 1.807) is 0 Å². The minimum Gasteiger partial charge on any atom is -0.490 e. The summed E-state index contributed by atoms with van der Waals surface area (Å²) < 4.78 is 5.83. The van der Waals surface area contributed by atoms with Crippen LogP contribution in [0.3, 0.4) is 0 Å². The van der Waals surface area contributed by atoms with Crippen molar-refractivity contribution in [3.63, 3.8) is 0 Å². The highest BCUT2D eigenvalue weighted by molar-refractivity contribution is 5.88. The van der Waals surface area contributed by atoms with Gasteiger partial charge in [-0.1, -0.05) is 66.7 Å². The Morgan fingerprint density at radius 2 is 1.62 bits per heavy atom. The van der Waals surface area contributed by atoms with Gasteiger partial charge in [0.1, 0.15) is 18.5 Å². The first-order chi connectivity index (χ1) is 11.7. The van der Waals surface area contributed by atoms with Crippen LogP contribution >= 0.6 is 0 Å². The average molecular weight is 321 g/mol. The summed E-state index contributed by atoms with van der Waals surface area (Å²) >= 11 is 0. The lowest BCUT2D eigenvalue weighted by molar-refractivity contribution is 0.105. The zero-order valence-electron chi connectivity index (χ0n) is 13.9. The number of aliphatic hydroxyl groups is 1. The molecule has 3 aromatic carbocycles. The van der Waals surface area contributed by atoms with Crippen LogP contribution in [-0.4, -0.2) is 24.4 Å². The Labute approximate surface area is 142 Å². The van der Waals surface area contributed by atoms with E-state index in [2.05, 4.69) is 36.5 Å². The molecule has 2 atom stereocenters. The highest BCUT2D eigenvalue weighted by Gasteiger charge is 2.10. The van der Waals surface area contributed by atoms with Crippen molar-refractivity contribution in [1.82, 2.24) is 5.32 Å². The summed E-state index contributed by atoms with van der Waals surface area (Å²) in [6.45, 7) is 2.84. The van der Waals surface area contributed by atoms with Crippen LogP contribution in [0.15, 0.2) is 72.8 Å². The van der Waals surface area contributed by atoms with Crippen LogP contribution in [0.1, 0.15) is 18.5 Å². The normalized spacial score (nSPS) is 13.6. The maximum absolute atomic E-state index is 10.2. The van der Waals surface area contributed by atoms with Crippen LogP contribution in [0, 0.1) is 0 Å². The second kappa shape index (κ2) is 7.95. The first kappa shape index (κ1) is 16.5. The van der Waals surface area contributed by atoms with E-state index in [9.17, 15) is 5.11 Å². The molecule has 0 saturated carbocycles. The van der Waals surface area contributed by atoms with Crippen LogP contribution in [0.25, 0.3) is 10.8 Å². The summed E-state index contributed by atoms with van der Waals surface area (Å²) in [6.07, 6.45) is -0.560. The van der Waals surface area contributed by atoms with Crippen molar-refractivity contribution in [1.29, 1.82) is 0 Å². The topological polar surface area (TPSA) is 41.5 Å². The fourth-order valence-corrected chi connectivity index (χ4v) is 2.74. The zero-order valence-corrected chi connectivity index (χ0v) is 13.9. The van der Waals surface area contributed by atoms with Crippen molar-refractivity contribution in [3.8, 4) is 5.75 Å². The van der Waals surface area contributed by atoms with E-state index in [1.807, 2.05) is 48.5 Å². The second-order valence-electron chi connectivity index (χ2n) is 5.98. The molecule has 0 unspecified atom stereocenters. The van der Waals surface area contributed by atoms with Gasteiger partial charge in [-0.2, -0.15) is 0 Å². The van der Waals surface area contributed by atoms with Crippen molar-refractivity contribution in [2.24, 2.45) is 0 Å². The number of benzene rings is 3. The molecule has 3 rings (SSSR count). The molecular weight excluding hydrogens is 298 g/mol. The largest absolute Gasteiger partial charge is 0.490 e. The molecule has 0 bridgehead atoms. The van der Waals surface area contributed by atoms with Gasteiger partial charge in [0.05, 0.1) is 0 Å². The summed E-state index contributed by atoms with van der Waals surface area (Å²) in [5.74, 6) is 0.809. The number of hydrogen-bond acceptors (Lipinski definition) is 3. The van der Waals surface area contributed by atoms with Gasteiger partial charge in [0, 0.05) is 18.0 Å². The van der Waals surface area contributed by atoms with Crippen molar-refractivity contribution in [2.45, 2.75) is 19.1 Å². The number of fused-ring (bicyclic) bond motifs is 1. The number of ether oxygens (including phenoxy) is 1. The molecule has 0 aliphatic rings. The molecule has 0 amide bonds. The quantitative estimate of drug-likeness (QED) is 0.693. The Morgan fingerprint density at radius 3 is 2.46 bits per heavy atom. The van der Waals surface area contributed by atoms with E-state index in [0.717, 1.165) is 16.5 Å². The fourth-order valence-electron chi connectivity index (χ4n) is 2.74. The molecule has 24 heavy (non-hydrogen) atoms. The highest BCUT2D eigenvalue weighted by atomic mass is 16.5. The van der Waals surface area contributed by atoms with Gasteiger partial charge in [-0.25, -0.2) is 0 Å². The van der Waals surface area contributed by atoms with Crippen molar-refractivity contribution < 1.29 is 9.84 Å². The first-order valence-corrected chi connectivity index (χ1v) is 8.31. The Morgan fingerprint density at radius 1 is 0.917 bits per heavy atom. The molecule has 0 spiro atoms. The summed E-state index contributed by atoms with van der Waals surface area (Å²) in [5.41, 5.74) is 1.21. The third kappa shape index (κ3) is 4.13. The van der Waals surface area contributed by atoms with Gasteiger partial charge in [-0.3, -0.25) is 0 Å². The van der Waals surface area contributed by atoms with E-state index in [0.29, 0.717) is 6.54 Å². The number of hydrogen-bond donors (Lipinski definition) is 2. The Kier molecular flexibility index (Phi) is 5.47. The second-order valence-corrected chi connectivity index (χ2v) is 5.98. The van der Waals surface area contributed by atoms with Gasteiger partial charge in [-0.15, -0.1) is 0 Å². The Hall–Kier alpha value is -2.36. The van der Waals surface area contributed by atoms with Gasteiger partial charge in [0.2, 0.25) is 0 Å². The summed E-state index contributed by atoms with van der Waals surface area (Å²) in [4.78, 5) is 0.